The molecular weight excluding hydrogens is 368 g/mol. The largest absolute Gasteiger partial charge is 0.381 e. The average Bonchev–Trinajstić information content (AvgIpc) is 3.15. The highest BCUT2D eigenvalue weighted by Crippen LogP contribution is 2.27. The van der Waals surface area contributed by atoms with Crippen molar-refractivity contribution in [2.24, 2.45) is 11.8 Å². The number of nitrogens with one attached hydrogen (secondary N) is 1. The third-order valence-corrected chi connectivity index (χ3v) is 5.61. The summed E-state index contributed by atoms with van der Waals surface area (Å²) >= 11 is 0. The number of nitrogens with zero attached hydrogens (tertiary/aromatic N) is 5. The van der Waals surface area contributed by atoms with E-state index in [4.69, 9.17) is 4.74 Å². The van der Waals surface area contributed by atoms with Crippen LogP contribution in [0.3, 0.4) is 0 Å². The molecule has 0 bridgehead atoms. The summed E-state index contributed by atoms with van der Waals surface area (Å²) in [6, 6.07) is 0.264. The van der Waals surface area contributed by atoms with Gasteiger partial charge in [-0.25, -0.2) is 4.68 Å². The summed E-state index contributed by atoms with van der Waals surface area (Å²) in [5.74, 6) is 1.19. The zero-order chi connectivity index (χ0) is 18.2. The Morgan fingerprint density at radius 2 is 2.11 bits per heavy atom. The number of rotatable bonds is 8. The Hall–Kier alpha value is -1.25. The second-order valence-electron chi connectivity index (χ2n) is 7.65. The molecule has 2 aliphatic rings. The number of hydrogen-bond donors (Lipinski definition) is 1. The summed E-state index contributed by atoms with van der Waals surface area (Å²) in [5.41, 5.74) is 0. The number of carbonyl (C=O) groups is 1. The highest BCUT2D eigenvalue weighted by molar-refractivity contribution is 5.85. The average molecular weight is 401 g/mol. The van der Waals surface area contributed by atoms with E-state index in [1.165, 1.54) is 49.7 Å². The van der Waals surface area contributed by atoms with Crippen LogP contribution in [0, 0.1) is 11.8 Å². The first-order valence-electron chi connectivity index (χ1n) is 10.0. The SMILES string of the molecule is CCOC[C@@H]1CCCN(C[C@H]2CCCC[C@@H]2NC(=O)Cn2cnnn2)C1.Cl. The Balaban J connectivity index is 0.00000261. The number of ether oxygens (including phenoxy) is 1. The molecule has 1 aliphatic carbocycles. The number of hydrogen-bond acceptors (Lipinski definition) is 6. The molecule has 27 heavy (non-hydrogen) atoms. The normalized spacial score (nSPS) is 26.3. The van der Waals surface area contributed by atoms with Crippen LogP contribution in [0.1, 0.15) is 45.4 Å². The minimum absolute atomic E-state index is 0. The van der Waals surface area contributed by atoms with Crippen LogP contribution in [0.2, 0.25) is 0 Å². The Morgan fingerprint density at radius 1 is 1.26 bits per heavy atom. The van der Waals surface area contributed by atoms with Gasteiger partial charge < -0.3 is 15.0 Å². The maximum Gasteiger partial charge on any atom is 0.242 e. The van der Waals surface area contributed by atoms with E-state index in [9.17, 15) is 4.79 Å². The van der Waals surface area contributed by atoms with Crippen molar-refractivity contribution < 1.29 is 9.53 Å². The number of halogens is 1. The molecule has 1 saturated heterocycles. The van der Waals surface area contributed by atoms with E-state index >= 15 is 0 Å². The molecule has 1 amide bonds. The smallest absolute Gasteiger partial charge is 0.242 e. The fourth-order valence-corrected chi connectivity index (χ4v) is 4.34. The van der Waals surface area contributed by atoms with E-state index < -0.39 is 0 Å². The Morgan fingerprint density at radius 3 is 2.89 bits per heavy atom. The molecular formula is C18H33ClN6O2. The lowest BCUT2D eigenvalue weighted by molar-refractivity contribution is -0.123. The summed E-state index contributed by atoms with van der Waals surface area (Å²) in [6.45, 7) is 7.31. The second-order valence-corrected chi connectivity index (χ2v) is 7.65. The maximum atomic E-state index is 12.3. The maximum absolute atomic E-state index is 12.3. The van der Waals surface area contributed by atoms with Gasteiger partial charge in [-0.3, -0.25) is 4.79 Å². The number of amides is 1. The predicted octanol–water partition coefficient (Wildman–Crippen LogP) is 1.52. The van der Waals surface area contributed by atoms with Crippen molar-refractivity contribution in [2.45, 2.75) is 58.0 Å². The first-order chi connectivity index (χ1) is 12.7. The van der Waals surface area contributed by atoms with Gasteiger partial charge in [0.25, 0.3) is 0 Å². The number of likely N-dealkylation sites (tertiary alicyclic amines) is 1. The summed E-state index contributed by atoms with van der Waals surface area (Å²) in [6.07, 6.45) is 8.72. The molecule has 1 aliphatic heterocycles. The van der Waals surface area contributed by atoms with Crippen LogP contribution in [0.5, 0.6) is 0 Å². The highest BCUT2D eigenvalue weighted by atomic mass is 35.5. The Labute approximate surface area is 167 Å². The third kappa shape index (κ3) is 7.01. The molecule has 2 heterocycles. The molecule has 2 fully saturated rings. The fourth-order valence-electron chi connectivity index (χ4n) is 4.34. The second kappa shape index (κ2) is 11.6. The van der Waals surface area contributed by atoms with Gasteiger partial charge >= 0.3 is 0 Å². The van der Waals surface area contributed by atoms with Crippen LogP contribution < -0.4 is 5.32 Å². The molecule has 1 aromatic heterocycles. The molecule has 0 spiro atoms. The first kappa shape index (κ1) is 22.0. The lowest BCUT2D eigenvalue weighted by Gasteiger charge is -2.39. The zero-order valence-electron chi connectivity index (χ0n) is 16.3. The van der Waals surface area contributed by atoms with Crippen molar-refractivity contribution in [3.8, 4) is 0 Å². The van der Waals surface area contributed by atoms with E-state index in [0.29, 0.717) is 11.8 Å². The van der Waals surface area contributed by atoms with Gasteiger partial charge in [-0.15, -0.1) is 17.5 Å². The van der Waals surface area contributed by atoms with Crippen molar-refractivity contribution in [1.82, 2.24) is 30.4 Å². The van der Waals surface area contributed by atoms with Crippen LogP contribution in [0.25, 0.3) is 0 Å². The summed E-state index contributed by atoms with van der Waals surface area (Å²) < 4.78 is 7.10. The van der Waals surface area contributed by atoms with Crippen molar-refractivity contribution in [1.29, 1.82) is 0 Å². The molecule has 9 heteroatoms. The molecule has 8 nitrogen and oxygen atoms in total. The van der Waals surface area contributed by atoms with Gasteiger partial charge in [0.1, 0.15) is 12.9 Å². The van der Waals surface area contributed by atoms with Gasteiger partial charge in [-0.1, -0.05) is 12.8 Å². The monoisotopic (exact) mass is 400 g/mol. The van der Waals surface area contributed by atoms with Gasteiger partial charge in [0.05, 0.1) is 6.61 Å². The van der Waals surface area contributed by atoms with Gasteiger partial charge in [0, 0.05) is 25.7 Å². The number of carbonyl (C=O) groups excluding carboxylic acids is 1. The number of aromatic nitrogens is 4. The lowest BCUT2D eigenvalue weighted by Crippen LogP contribution is -2.49. The van der Waals surface area contributed by atoms with Crippen LogP contribution in [-0.4, -0.2) is 69.9 Å². The highest BCUT2D eigenvalue weighted by Gasteiger charge is 2.30. The Bertz CT molecular complexity index is 544. The lowest BCUT2D eigenvalue weighted by atomic mass is 9.83. The third-order valence-electron chi connectivity index (χ3n) is 5.61. The molecule has 1 N–H and O–H groups in total. The predicted molar refractivity (Wildman–Crippen MR) is 105 cm³/mol. The topological polar surface area (TPSA) is 85.2 Å². The number of piperidine rings is 1. The number of tetrazole rings is 1. The summed E-state index contributed by atoms with van der Waals surface area (Å²) in [4.78, 5) is 14.9. The Kier molecular flexibility index (Phi) is 9.44. The van der Waals surface area contributed by atoms with E-state index in [1.807, 2.05) is 0 Å². The molecule has 0 radical (unpaired) electrons. The minimum Gasteiger partial charge on any atom is -0.381 e. The van der Waals surface area contributed by atoms with Crippen LogP contribution in [0.4, 0.5) is 0 Å². The molecule has 1 aromatic rings. The van der Waals surface area contributed by atoms with E-state index in [-0.39, 0.29) is 30.9 Å². The molecule has 1 saturated carbocycles. The van der Waals surface area contributed by atoms with Gasteiger partial charge in [-0.2, -0.15) is 0 Å². The van der Waals surface area contributed by atoms with Gasteiger partial charge in [-0.05, 0) is 61.4 Å². The zero-order valence-corrected chi connectivity index (χ0v) is 17.1. The molecule has 0 unspecified atom stereocenters. The quantitative estimate of drug-likeness (QED) is 0.712. The van der Waals surface area contributed by atoms with E-state index in [2.05, 4.69) is 32.7 Å². The van der Waals surface area contributed by atoms with Gasteiger partial charge in [0.2, 0.25) is 5.91 Å². The van der Waals surface area contributed by atoms with Crippen LogP contribution in [0.15, 0.2) is 6.33 Å². The molecule has 154 valence electrons. The standard InChI is InChI=1S/C18H32N6O2.ClH/c1-2-26-13-15-6-5-9-23(10-15)11-16-7-3-4-8-17(16)20-18(25)12-24-14-19-21-22-24;/h14-17H,2-13H2,1H3,(H,20,25);1H/t15-,16-,17+;/m1./s1. The molecule has 0 aromatic carbocycles. The van der Waals surface area contributed by atoms with Gasteiger partial charge in [0.15, 0.2) is 0 Å². The molecule has 3 atom stereocenters. The van der Waals surface area contributed by atoms with Crippen molar-refractivity contribution in [3.05, 3.63) is 6.33 Å². The minimum atomic E-state index is 0. The van der Waals surface area contributed by atoms with Crippen LogP contribution in [-0.2, 0) is 16.1 Å². The summed E-state index contributed by atoms with van der Waals surface area (Å²) in [7, 11) is 0. The van der Waals surface area contributed by atoms with Crippen molar-refractivity contribution in [3.63, 3.8) is 0 Å². The van der Waals surface area contributed by atoms with Crippen molar-refractivity contribution in [2.75, 3.05) is 32.8 Å². The fraction of sp³-hybridized carbons (Fsp3) is 0.889. The van der Waals surface area contributed by atoms with Crippen LogP contribution >= 0.6 is 12.4 Å². The summed E-state index contributed by atoms with van der Waals surface area (Å²) in [5, 5.41) is 14.2. The first-order valence-corrected chi connectivity index (χ1v) is 10.0. The molecule has 3 rings (SSSR count). The van der Waals surface area contributed by atoms with E-state index in [0.717, 1.165) is 32.7 Å². The van der Waals surface area contributed by atoms with E-state index in [1.54, 1.807) is 0 Å². The van der Waals surface area contributed by atoms with Crippen molar-refractivity contribution >= 4 is 18.3 Å².